The number of urea groups is 1. The molecule has 26 heavy (non-hydrogen) atoms. The first-order chi connectivity index (χ1) is 12.6. The molecule has 2 atom stereocenters. The summed E-state index contributed by atoms with van der Waals surface area (Å²) in [6, 6.07) is 12.2. The van der Waals surface area contributed by atoms with Crippen molar-refractivity contribution in [3.05, 3.63) is 65.7 Å². The molecule has 1 saturated heterocycles. The number of hydrogen-bond donors (Lipinski definition) is 3. The molecule has 0 aromatic heterocycles. The Labute approximate surface area is 152 Å². The lowest BCUT2D eigenvalue weighted by atomic mass is 9.87. The number of halogens is 2. The fourth-order valence-corrected chi connectivity index (χ4v) is 3.31. The summed E-state index contributed by atoms with van der Waals surface area (Å²) in [4.78, 5) is 12.0. The Hall–Kier alpha value is -2.47. The summed E-state index contributed by atoms with van der Waals surface area (Å²) < 4.78 is 25.9. The second kappa shape index (κ2) is 8.76. The summed E-state index contributed by atoms with van der Waals surface area (Å²) in [5, 5.41) is 8.96. The Morgan fingerprint density at radius 3 is 2.38 bits per heavy atom. The molecule has 0 radical (unpaired) electrons. The maximum atomic E-state index is 13.0. The zero-order valence-corrected chi connectivity index (χ0v) is 14.5. The molecule has 0 spiro atoms. The lowest BCUT2D eigenvalue weighted by Crippen LogP contribution is -2.47. The summed E-state index contributed by atoms with van der Waals surface area (Å²) in [6.07, 6.45) is 2.93. The van der Waals surface area contributed by atoms with Crippen molar-refractivity contribution in [1.82, 2.24) is 10.6 Å². The van der Waals surface area contributed by atoms with Crippen LogP contribution in [0.15, 0.2) is 48.5 Å². The molecule has 1 aliphatic rings. The highest BCUT2D eigenvalue weighted by atomic mass is 19.1. The van der Waals surface area contributed by atoms with Crippen molar-refractivity contribution in [3.63, 3.8) is 0 Å². The predicted molar refractivity (Wildman–Crippen MR) is 98.0 cm³/mol. The molecule has 1 fully saturated rings. The van der Waals surface area contributed by atoms with E-state index in [9.17, 15) is 13.6 Å². The number of carbonyl (C=O) groups excluding carboxylic acids is 1. The summed E-state index contributed by atoms with van der Waals surface area (Å²) in [6.45, 7) is 1.42. The van der Waals surface area contributed by atoms with E-state index in [2.05, 4.69) is 16.0 Å². The molecule has 3 rings (SSSR count). The zero-order valence-electron chi connectivity index (χ0n) is 14.5. The normalized spacial score (nSPS) is 19.8. The van der Waals surface area contributed by atoms with Crippen LogP contribution in [0.25, 0.3) is 0 Å². The highest BCUT2D eigenvalue weighted by Gasteiger charge is 2.22. The standard InChI is InChI=1S/C20H23F2N3O/c21-16-3-1-14(2-4-16)11-15-9-10-23-19(12-15)13-24-20(26)25-18-7-5-17(22)6-8-18/h1-8,15,19,23H,9-13H2,(H2,24,25,26)/t15-,19-/m1/s1. The van der Waals surface area contributed by atoms with Crippen molar-refractivity contribution in [2.24, 2.45) is 5.92 Å². The molecule has 2 amide bonds. The third-order valence-corrected chi connectivity index (χ3v) is 4.65. The van der Waals surface area contributed by atoms with Gasteiger partial charge >= 0.3 is 6.03 Å². The Balaban J connectivity index is 1.43. The fraction of sp³-hybridized carbons (Fsp3) is 0.350. The van der Waals surface area contributed by atoms with E-state index >= 15 is 0 Å². The first kappa shape index (κ1) is 18.3. The number of carbonyl (C=O) groups is 1. The van der Waals surface area contributed by atoms with E-state index in [0.29, 0.717) is 18.2 Å². The van der Waals surface area contributed by atoms with E-state index in [-0.39, 0.29) is 23.7 Å². The van der Waals surface area contributed by atoms with Gasteiger partial charge in [0.2, 0.25) is 0 Å². The second-order valence-electron chi connectivity index (χ2n) is 6.71. The van der Waals surface area contributed by atoms with Gasteiger partial charge in [0.1, 0.15) is 11.6 Å². The number of piperidine rings is 1. The second-order valence-corrected chi connectivity index (χ2v) is 6.71. The lowest BCUT2D eigenvalue weighted by Gasteiger charge is -2.30. The van der Waals surface area contributed by atoms with Gasteiger partial charge in [0, 0.05) is 18.3 Å². The van der Waals surface area contributed by atoms with Crippen LogP contribution in [0.5, 0.6) is 0 Å². The molecule has 2 aromatic rings. The quantitative estimate of drug-likeness (QED) is 0.762. The Kier molecular flexibility index (Phi) is 6.17. The van der Waals surface area contributed by atoms with E-state index in [1.165, 1.54) is 36.4 Å². The molecule has 2 aromatic carbocycles. The van der Waals surface area contributed by atoms with Crippen molar-refractivity contribution in [2.75, 3.05) is 18.4 Å². The Bertz CT molecular complexity index is 719. The van der Waals surface area contributed by atoms with Crippen LogP contribution in [0.3, 0.4) is 0 Å². The largest absolute Gasteiger partial charge is 0.336 e. The summed E-state index contributed by atoms with van der Waals surface area (Å²) in [5.74, 6) is -0.0449. The maximum Gasteiger partial charge on any atom is 0.319 e. The van der Waals surface area contributed by atoms with E-state index < -0.39 is 0 Å². The number of amides is 2. The minimum absolute atomic E-state index is 0.202. The fourth-order valence-electron chi connectivity index (χ4n) is 3.31. The van der Waals surface area contributed by atoms with E-state index in [1.54, 1.807) is 0 Å². The Morgan fingerprint density at radius 2 is 1.69 bits per heavy atom. The van der Waals surface area contributed by atoms with Crippen LogP contribution in [0, 0.1) is 17.6 Å². The summed E-state index contributed by atoms with van der Waals surface area (Å²) in [7, 11) is 0. The van der Waals surface area contributed by atoms with Crippen LogP contribution < -0.4 is 16.0 Å². The number of anilines is 1. The lowest BCUT2D eigenvalue weighted by molar-refractivity contribution is 0.246. The molecular weight excluding hydrogens is 336 g/mol. The van der Waals surface area contributed by atoms with Crippen molar-refractivity contribution < 1.29 is 13.6 Å². The molecule has 1 aliphatic heterocycles. The molecule has 1 heterocycles. The van der Waals surface area contributed by atoms with Gasteiger partial charge in [0.05, 0.1) is 0 Å². The third-order valence-electron chi connectivity index (χ3n) is 4.65. The van der Waals surface area contributed by atoms with Crippen LogP contribution in [0.4, 0.5) is 19.3 Å². The van der Waals surface area contributed by atoms with Crippen LogP contribution in [-0.2, 0) is 6.42 Å². The van der Waals surface area contributed by atoms with Crippen molar-refractivity contribution in [2.45, 2.75) is 25.3 Å². The SMILES string of the molecule is O=C(NC[C@H]1C[C@@H](Cc2ccc(F)cc2)CCN1)Nc1ccc(F)cc1. The first-order valence-electron chi connectivity index (χ1n) is 8.87. The van der Waals surface area contributed by atoms with Crippen molar-refractivity contribution in [3.8, 4) is 0 Å². The molecular formula is C20H23F2N3O. The average molecular weight is 359 g/mol. The number of nitrogens with one attached hydrogen (secondary N) is 3. The van der Waals surface area contributed by atoms with E-state index in [0.717, 1.165) is 31.4 Å². The smallest absolute Gasteiger partial charge is 0.319 e. The molecule has 0 bridgehead atoms. The van der Waals surface area contributed by atoms with Gasteiger partial charge < -0.3 is 16.0 Å². The minimum Gasteiger partial charge on any atom is -0.336 e. The van der Waals surface area contributed by atoms with Gasteiger partial charge in [-0.05, 0) is 73.7 Å². The molecule has 6 heteroatoms. The van der Waals surface area contributed by atoms with Crippen LogP contribution >= 0.6 is 0 Å². The summed E-state index contributed by atoms with van der Waals surface area (Å²) in [5.41, 5.74) is 1.69. The highest BCUT2D eigenvalue weighted by molar-refractivity contribution is 5.89. The average Bonchev–Trinajstić information content (AvgIpc) is 2.64. The van der Waals surface area contributed by atoms with Gasteiger partial charge in [-0.25, -0.2) is 13.6 Å². The zero-order chi connectivity index (χ0) is 18.4. The Morgan fingerprint density at radius 1 is 1.04 bits per heavy atom. The number of hydrogen-bond acceptors (Lipinski definition) is 2. The molecule has 138 valence electrons. The molecule has 0 saturated carbocycles. The third kappa shape index (κ3) is 5.52. The molecule has 0 unspecified atom stereocenters. The van der Waals surface area contributed by atoms with Crippen molar-refractivity contribution in [1.29, 1.82) is 0 Å². The maximum absolute atomic E-state index is 13.0. The van der Waals surface area contributed by atoms with E-state index in [1.807, 2.05) is 12.1 Å². The first-order valence-corrected chi connectivity index (χ1v) is 8.87. The van der Waals surface area contributed by atoms with E-state index in [4.69, 9.17) is 0 Å². The van der Waals surface area contributed by atoms with Gasteiger partial charge in [-0.15, -0.1) is 0 Å². The van der Waals surface area contributed by atoms with Crippen LogP contribution in [0.1, 0.15) is 18.4 Å². The van der Waals surface area contributed by atoms with Crippen molar-refractivity contribution >= 4 is 11.7 Å². The van der Waals surface area contributed by atoms with Gasteiger partial charge in [-0.3, -0.25) is 0 Å². The predicted octanol–water partition coefficient (Wildman–Crippen LogP) is 3.70. The number of benzene rings is 2. The summed E-state index contributed by atoms with van der Waals surface area (Å²) >= 11 is 0. The van der Waals surface area contributed by atoms with Gasteiger partial charge in [-0.1, -0.05) is 12.1 Å². The minimum atomic E-state index is -0.338. The number of rotatable bonds is 5. The van der Waals surface area contributed by atoms with Gasteiger partial charge in [0.15, 0.2) is 0 Å². The van der Waals surface area contributed by atoms with Gasteiger partial charge in [0.25, 0.3) is 0 Å². The molecule has 3 N–H and O–H groups in total. The highest BCUT2D eigenvalue weighted by Crippen LogP contribution is 2.21. The van der Waals surface area contributed by atoms with Gasteiger partial charge in [-0.2, -0.15) is 0 Å². The topological polar surface area (TPSA) is 53.2 Å². The van der Waals surface area contributed by atoms with Crippen LogP contribution in [-0.4, -0.2) is 25.2 Å². The van der Waals surface area contributed by atoms with Crippen LogP contribution in [0.2, 0.25) is 0 Å². The molecule has 0 aliphatic carbocycles. The monoisotopic (exact) mass is 359 g/mol. The molecule has 4 nitrogen and oxygen atoms in total.